The minimum atomic E-state index is -0.843. The van der Waals surface area contributed by atoms with E-state index in [1.165, 1.54) is 0 Å². The first-order valence-corrected chi connectivity index (χ1v) is 8.01. The molecule has 6 heteroatoms. The van der Waals surface area contributed by atoms with Gasteiger partial charge in [0, 0.05) is 25.5 Å². The second kappa shape index (κ2) is 6.86. The number of carboxylic acids is 1. The second-order valence-corrected chi connectivity index (χ2v) is 6.19. The van der Waals surface area contributed by atoms with Gasteiger partial charge in [0.05, 0.1) is 12.5 Å². The van der Waals surface area contributed by atoms with Gasteiger partial charge in [0.2, 0.25) is 5.95 Å². The zero-order valence-corrected chi connectivity index (χ0v) is 13.7. The molecule has 3 rings (SSSR count). The fourth-order valence-corrected chi connectivity index (χ4v) is 3.32. The Morgan fingerprint density at radius 3 is 2.83 bits per heavy atom. The average molecular weight is 327 g/mol. The Balaban J connectivity index is 1.86. The quantitative estimate of drug-likeness (QED) is 0.909. The molecule has 126 valence electrons. The van der Waals surface area contributed by atoms with Crippen molar-refractivity contribution >= 4 is 11.9 Å². The van der Waals surface area contributed by atoms with Crippen molar-refractivity contribution in [3.05, 3.63) is 48.3 Å². The minimum Gasteiger partial charge on any atom is -0.497 e. The summed E-state index contributed by atoms with van der Waals surface area (Å²) in [6.45, 7) is 1.18. The van der Waals surface area contributed by atoms with Crippen LogP contribution in [0.15, 0.2) is 42.7 Å². The number of anilines is 1. The lowest BCUT2D eigenvalue weighted by Gasteiger charge is -2.40. The number of rotatable bonds is 5. The zero-order valence-electron chi connectivity index (χ0n) is 13.7. The number of carboxylic acid groups (broad SMARTS) is 1. The summed E-state index contributed by atoms with van der Waals surface area (Å²) in [5, 5.41) is 9.94. The maximum absolute atomic E-state index is 12.1. The van der Waals surface area contributed by atoms with Crippen LogP contribution in [0.25, 0.3) is 0 Å². The molecule has 1 fully saturated rings. The number of ether oxygens (including phenoxy) is 1. The summed E-state index contributed by atoms with van der Waals surface area (Å²) in [5.41, 5.74) is 0.122. The maximum atomic E-state index is 12.1. The molecule has 1 atom stereocenters. The molecule has 1 saturated heterocycles. The monoisotopic (exact) mass is 327 g/mol. The largest absolute Gasteiger partial charge is 0.497 e. The van der Waals surface area contributed by atoms with Gasteiger partial charge in [-0.3, -0.25) is 4.79 Å². The molecule has 1 aromatic heterocycles. The fraction of sp³-hybridized carbons (Fsp3) is 0.389. The fourth-order valence-electron chi connectivity index (χ4n) is 3.32. The Bertz CT molecular complexity index is 708. The number of hydrogen-bond acceptors (Lipinski definition) is 5. The lowest BCUT2D eigenvalue weighted by Crippen LogP contribution is -2.49. The van der Waals surface area contributed by atoms with E-state index in [-0.39, 0.29) is 0 Å². The third-order valence-corrected chi connectivity index (χ3v) is 4.54. The van der Waals surface area contributed by atoms with Crippen LogP contribution < -0.4 is 9.64 Å². The summed E-state index contributed by atoms with van der Waals surface area (Å²) in [4.78, 5) is 22.6. The molecule has 2 heterocycles. The van der Waals surface area contributed by atoms with Gasteiger partial charge in [-0.05, 0) is 43.0 Å². The van der Waals surface area contributed by atoms with E-state index in [2.05, 4.69) is 9.97 Å². The smallest absolute Gasteiger partial charge is 0.311 e. The van der Waals surface area contributed by atoms with Crippen LogP contribution in [0.4, 0.5) is 5.95 Å². The Morgan fingerprint density at radius 2 is 2.12 bits per heavy atom. The van der Waals surface area contributed by atoms with Gasteiger partial charge in [-0.2, -0.15) is 0 Å². The van der Waals surface area contributed by atoms with E-state index < -0.39 is 11.4 Å². The van der Waals surface area contributed by atoms with Gasteiger partial charge in [0.1, 0.15) is 5.75 Å². The van der Waals surface area contributed by atoms with Gasteiger partial charge in [-0.25, -0.2) is 9.97 Å². The lowest BCUT2D eigenvalue weighted by atomic mass is 9.75. The highest BCUT2D eigenvalue weighted by Crippen LogP contribution is 2.35. The summed E-state index contributed by atoms with van der Waals surface area (Å²) < 4.78 is 5.25. The number of hydrogen-bond donors (Lipinski definition) is 1. The van der Waals surface area contributed by atoms with E-state index in [0.717, 1.165) is 24.3 Å². The Labute approximate surface area is 141 Å². The van der Waals surface area contributed by atoms with Crippen LogP contribution in [0.1, 0.15) is 18.4 Å². The predicted molar refractivity (Wildman–Crippen MR) is 90.2 cm³/mol. The van der Waals surface area contributed by atoms with E-state index in [1.807, 2.05) is 29.2 Å². The molecule has 1 N–H and O–H groups in total. The number of aromatic nitrogens is 2. The lowest BCUT2D eigenvalue weighted by molar-refractivity contribution is -0.149. The summed E-state index contributed by atoms with van der Waals surface area (Å²) in [7, 11) is 1.61. The predicted octanol–water partition coefficient (Wildman–Crippen LogP) is 2.40. The third kappa shape index (κ3) is 3.32. The van der Waals surface area contributed by atoms with Gasteiger partial charge in [-0.1, -0.05) is 12.1 Å². The van der Waals surface area contributed by atoms with E-state index in [0.29, 0.717) is 25.3 Å². The zero-order chi connectivity index (χ0) is 17.0. The van der Waals surface area contributed by atoms with Crippen LogP contribution in [-0.4, -0.2) is 41.2 Å². The molecule has 1 aliphatic rings. The van der Waals surface area contributed by atoms with Crippen molar-refractivity contribution in [2.24, 2.45) is 5.41 Å². The summed E-state index contributed by atoms with van der Waals surface area (Å²) in [6, 6.07) is 9.37. The number of benzene rings is 1. The van der Waals surface area contributed by atoms with Crippen molar-refractivity contribution in [2.75, 3.05) is 25.1 Å². The standard InChI is InChI=1S/C18H21N3O3/c1-24-15-6-2-5-14(11-15)12-18(16(22)23)7-3-10-21(13-18)17-19-8-4-9-20-17/h2,4-6,8-9,11H,3,7,10,12-13H2,1H3,(H,22,23). The van der Waals surface area contributed by atoms with E-state index in [4.69, 9.17) is 4.74 Å². The maximum Gasteiger partial charge on any atom is 0.311 e. The number of aliphatic carboxylic acids is 1. The third-order valence-electron chi connectivity index (χ3n) is 4.54. The molecule has 0 bridgehead atoms. The van der Waals surface area contributed by atoms with Crippen molar-refractivity contribution in [1.29, 1.82) is 0 Å². The van der Waals surface area contributed by atoms with Gasteiger partial charge in [-0.15, -0.1) is 0 Å². The van der Waals surface area contributed by atoms with Crippen LogP contribution in [0.3, 0.4) is 0 Å². The molecule has 0 aliphatic carbocycles. The summed E-state index contributed by atoms with van der Waals surface area (Å²) in [6.07, 6.45) is 5.27. The molecule has 0 radical (unpaired) electrons. The second-order valence-electron chi connectivity index (χ2n) is 6.19. The summed E-state index contributed by atoms with van der Waals surface area (Å²) >= 11 is 0. The molecule has 24 heavy (non-hydrogen) atoms. The van der Waals surface area contributed by atoms with Crippen LogP contribution in [-0.2, 0) is 11.2 Å². The van der Waals surface area contributed by atoms with E-state index in [9.17, 15) is 9.90 Å². The molecule has 6 nitrogen and oxygen atoms in total. The number of carbonyl (C=O) groups is 1. The normalized spacial score (nSPS) is 20.6. The van der Waals surface area contributed by atoms with Crippen molar-refractivity contribution in [3.8, 4) is 5.75 Å². The highest BCUT2D eigenvalue weighted by Gasteiger charge is 2.43. The number of methoxy groups -OCH3 is 1. The molecular weight excluding hydrogens is 306 g/mol. The van der Waals surface area contributed by atoms with Crippen molar-refractivity contribution in [3.63, 3.8) is 0 Å². The van der Waals surface area contributed by atoms with Crippen molar-refractivity contribution < 1.29 is 14.6 Å². The first-order valence-electron chi connectivity index (χ1n) is 8.01. The first-order chi connectivity index (χ1) is 11.6. The highest BCUT2D eigenvalue weighted by molar-refractivity contribution is 5.76. The molecule has 1 unspecified atom stereocenters. The van der Waals surface area contributed by atoms with Crippen LogP contribution >= 0.6 is 0 Å². The SMILES string of the molecule is COc1cccc(CC2(C(=O)O)CCCN(c3ncccn3)C2)c1. The van der Waals surface area contributed by atoms with Crippen LogP contribution in [0, 0.1) is 5.41 Å². The minimum absolute atomic E-state index is 0.406. The molecule has 0 saturated carbocycles. The van der Waals surface area contributed by atoms with E-state index >= 15 is 0 Å². The molecular formula is C18H21N3O3. The van der Waals surface area contributed by atoms with Crippen molar-refractivity contribution in [2.45, 2.75) is 19.3 Å². The van der Waals surface area contributed by atoms with E-state index in [1.54, 1.807) is 25.6 Å². The van der Waals surface area contributed by atoms with Crippen molar-refractivity contribution in [1.82, 2.24) is 9.97 Å². The molecule has 0 amide bonds. The Morgan fingerprint density at radius 1 is 1.33 bits per heavy atom. The van der Waals surface area contributed by atoms with Gasteiger partial charge < -0.3 is 14.7 Å². The molecule has 0 spiro atoms. The summed E-state index contributed by atoms with van der Waals surface area (Å²) in [5.74, 6) is 0.562. The van der Waals surface area contributed by atoms with Crippen LogP contribution in [0.5, 0.6) is 5.75 Å². The Hall–Kier alpha value is -2.63. The van der Waals surface area contributed by atoms with Crippen LogP contribution in [0.2, 0.25) is 0 Å². The molecule has 1 aliphatic heterocycles. The number of nitrogens with zero attached hydrogens (tertiary/aromatic N) is 3. The molecule has 1 aromatic carbocycles. The highest BCUT2D eigenvalue weighted by atomic mass is 16.5. The van der Waals surface area contributed by atoms with Gasteiger partial charge >= 0.3 is 5.97 Å². The molecule has 2 aromatic rings. The average Bonchev–Trinajstić information content (AvgIpc) is 2.62. The number of piperidine rings is 1. The van der Waals surface area contributed by atoms with Gasteiger partial charge in [0.25, 0.3) is 0 Å². The Kier molecular flexibility index (Phi) is 4.64. The first kappa shape index (κ1) is 16.2. The van der Waals surface area contributed by atoms with Gasteiger partial charge in [0.15, 0.2) is 0 Å². The topological polar surface area (TPSA) is 75.6 Å².